The summed E-state index contributed by atoms with van der Waals surface area (Å²) in [5, 5.41) is -0.296. The van der Waals surface area contributed by atoms with E-state index in [1.807, 2.05) is 0 Å². The molecule has 0 bridgehead atoms. The van der Waals surface area contributed by atoms with Crippen LogP contribution in [-0.2, 0) is 9.59 Å². The maximum atomic E-state index is 11.3. The second kappa shape index (κ2) is 4.59. The minimum atomic E-state index is -0.296. The van der Waals surface area contributed by atoms with Crippen LogP contribution in [0.1, 0.15) is 20.3 Å². The van der Waals surface area contributed by atoms with Crippen molar-refractivity contribution in [2.75, 3.05) is 12.3 Å². The maximum absolute atomic E-state index is 11.3. The third-order valence-electron chi connectivity index (χ3n) is 2.02. The zero-order valence-corrected chi connectivity index (χ0v) is 9.10. The van der Waals surface area contributed by atoms with E-state index < -0.39 is 0 Å². The highest BCUT2D eigenvalue weighted by molar-refractivity contribution is 8.13. The standard InChI is InChI=1S/C9H13NO3S/c1-6(2)7(11)5-10-8(12)3-4-14-9(10)13/h6H,3-5H2,1-2H3. The molecule has 0 unspecified atom stereocenters. The van der Waals surface area contributed by atoms with Crippen molar-refractivity contribution in [2.24, 2.45) is 5.92 Å². The summed E-state index contributed by atoms with van der Waals surface area (Å²) in [6.07, 6.45) is 0.349. The van der Waals surface area contributed by atoms with Crippen LogP contribution in [0.2, 0.25) is 0 Å². The van der Waals surface area contributed by atoms with E-state index >= 15 is 0 Å². The Morgan fingerprint density at radius 3 is 2.64 bits per heavy atom. The van der Waals surface area contributed by atoms with E-state index in [1.54, 1.807) is 13.8 Å². The molecule has 1 saturated heterocycles. The average Bonchev–Trinajstić information content (AvgIpc) is 2.11. The first-order valence-corrected chi connectivity index (χ1v) is 5.50. The molecule has 0 aromatic heterocycles. The molecule has 1 rings (SSSR count). The lowest BCUT2D eigenvalue weighted by molar-refractivity contribution is -0.132. The fourth-order valence-corrected chi connectivity index (χ4v) is 1.80. The van der Waals surface area contributed by atoms with Gasteiger partial charge in [-0.1, -0.05) is 25.6 Å². The Kier molecular flexibility index (Phi) is 3.69. The minimum Gasteiger partial charge on any atom is -0.297 e. The molecule has 14 heavy (non-hydrogen) atoms. The SMILES string of the molecule is CC(C)C(=O)CN1C(=O)CCSC1=O. The van der Waals surface area contributed by atoms with Crippen molar-refractivity contribution in [1.82, 2.24) is 4.90 Å². The van der Waals surface area contributed by atoms with E-state index in [1.165, 1.54) is 0 Å². The normalized spacial score (nSPS) is 17.8. The molecule has 0 aliphatic carbocycles. The third kappa shape index (κ3) is 2.57. The van der Waals surface area contributed by atoms with Gasteiger partial charge in [-0.05, 0) is 0 Å². The first kappa shape index (κ1) is 11.2. The first-order chi connectivity index (χ1) is 6.52. The Bertz CT molecular complexity index is 259. The highest BCUT2D eigenvalue weighted by Gasteiger charge is 2.28. The van der Waals surface area contributed by atoms with Crippen molar-refractivity contribution >= 4 is 28.7 Å². The minimum absolute atomic E-state index is 0.0671. The lowest BCUT2D eigenvalue weighted by atomic mass is 10.1. The number of thioether (sulfide) groups is 1. The molecule has 0 N–H and O–H groups in total. The van der Waals surface area contributed by atoms with Gasteiger partial charge in [0.25, 0.3) is 5.24 Å². The first-order valence-electron chi connectivity index (χ1n) is 4.52. The number of nitrogens with zero attached hydrogens (tertiary/aromatic N) is 1. The number of rotatable bonds is 3. The fraction of sp³-hybridized carbons (Fsp3) is 0.667. The summed E-state index contributed by atoms with van der Waals surface area (Å²) in [6, 6.07) is 0. The van der Waals surface area contributed by atoms with Gasteiger partial charge in [-0.2, -0.15) is 0 Å². The van der Waals surface area contributed by atoms with Crippen LogP contribution >= 0.6 is 11.8 Å². The molecule has 2 amide bonds. The van der Waals surface area contributed by atoms with Gasteiger partial charge in [0, 0.05) is 18.1 Å². The van der Waals surface area contributed by atoms with E-state index in [9.17, 15) is 14.4 Å². The average molecular weight is 215 g/mol. The zero-order valence-electron chi connectivity index (χ0n) is 8.28. The highest BCUT2D eigenvalue weighted by Crippen LogP contribution is 2.18. The molecule has 1 aliphatic heterocycles. The second-order valence-corrected chi connectivity index (χ2v) is 4.51. The molecule has 78 valence electrons. The summed E-state index contributed by atoms with van der Waals surface area (Å²) >= 11 is 1.10. The van der Waals surface area contributed by atoms with E-state index in [4.69, 9.17) is 0 Å². The van der Waals surface area contributed by atoms with Crippen LogP contribution < -0.4 is 0 Å². The highest BCUT2D eigenvalue weighted by atomic mass is 32.2. The van der Waals surface area contributed by atoms with Crippen LogP contribution in [0.15, 0.2) is 0 Å². The van der Waals surface area contributed by atoms with Crippen LogP contribution in [0, 0.1) is 5.92 Å². The predicted molar refractivity (Wildman–Crippen MR) is 54.0 cm³/mol. The number of carbonyl (C=O) groups excluding carboxylic acids is 3. The summed E-state index contributed by atoms with van der Waals surface area (Å²) in [6.45, 7) is 3.45. The number of ketones is 1. The van der Waals surface area contributed by atoms with Crippen molar-refractivity contribution < 1.29 is 14.4 Å². The summed E-state index contributed by atoms with van der Waals surface area (Å²) < 4.78 is 0. The number of hydrogen-bond acceptors (Lipinski definition) is 4. The molecule has 0 spiro atoms. The topological polar surface area (TPSA) is 54.5 Å². The molecule has 5 heteroatoms. The predicted octanol–water partition coefficient (Wildman–Crippen LogP) is 1.30. The van der Waals surface area contributed by atoms with Gasteiger partial charge in [0.1, 0.15) is 0 Å². The molecular weight excluding hydrogens is 202 g/mol. The van der Waals surface area contributed by atoms with Gasteiger partial charge in [0.2, 0.25) is 5.91 Å². The summed E-state index contributed by atoms with van der Waals surface area (Å²) in [4.78, 5) is 35.0. The number of carbonyl (C=O) groups is 3. The lowest BCUT2D eigenvalue weighted by Gasteiger charge is -2.23. The maximum Gasteiger partial charge on any atom is 0.288 e. The number of Topliss-reactive ketones (excluding diaryl/α,β-unsaturated/α-hetero) is 1. The molecule has 0 saturated carbocycles. The number of amides is 2. The quantitative estimate of drug-likeness (QED) is 0.712. The molecular formula is C9H13NO3S. The van der Waals surface area contributed by atoms with E-state index in [-0.39, 0.29) is 29.4 Å². The van der Waals surface area contributed by atoms with Gasteiger partial charge in [0.15, 0.2) is 5.78 Å². The Labute approximate surface area is 87.0 Å². The molecule has 0 atom stereocenters. The van der Waals surface area contributed by atoms with Crippen LogP contribution in [0.3, 0.4) is 0 Å². The Morgan fingerprint density at radius 1 is 1.50 bits per heavy atom. The van der Waals surface area contributed by atoms with Crippen molar-refractivity contribution in [2.45, 2.75) is 20.3 Å². The van der Waals surface area contributed by atoms with Crippen LogP contribution in [0.4, 0.5) is 4.79 Å². The van der Waals surface area contributed by atoms with E-state index in [0.717, 1.165) is 16.7 Å². The van der Waals surface area contributed by atoms with E-state index in [2.05, 4.69) is 0 Å². The molecule has 0 aromatic carbocycles. The summed E-state index contributed by atoms with van der Waals surface area (Å²) in [5.41, 5.74) is 0. The number of hydrogen-bond donors (Lipinski definition) is 0. The Morgan fingerprint density at radius 2 is 2.14 bits per heavy atom. The van der Waals surface area contributed by atoms with Gasteiger partial charge < -0.3 is 0 Å². The van der Waals surface area contributed by atoms with Crippen molar-refractivity contribution in [1.29, 1.82) is 0 Å². The van der Waals surface area contributed by atoms with Crippen LogP contribution in [0.5, 0.6) is 0 Å². The van der Waals surface area contributed by atoms with Gasteiger partial charge in [-0.25, -0.2) is 0 Å². The van der Waals surface area contributed by atoms with Crippen LogP contribution in [0.25, 0.3) is 0 Å². The third-order valence-corrected chi connectivity index (χ3v) is 2.90. The molecule has 4 nitrogen and oxygen atoms in total. The molecule has 0 radical (unpaired) electrons. The van der Waals surface area contributed by atoms with Gasteiger partial charge in [0.05, 0.1) is 6.54 Å². The largest absolute Gasteiger partial charge is 0.297 e. The van der Waals surface area contributed by atoms with Gasteiger partial charge >= 0.3 is 0 Å². The summed E-state index contributed by atoms with van der Waals surface area (Å²) in [7, 11) is 0. The molecule has 1 heterocycles. The lowest BCUT2D eigenvalue weighted by Crippen LogP contribution is -2.42. The Hall–Kier alpha value is -0.840. The zero-order chi connectivity index (χ0) is 10.7. The fourth-order valence-electron chi connectivity index (χ4n) is 1.03. The number of imide groups is 1. The monoisotopic (exact) mass is 215 g/mol. The van der Waals surface area contributed by atoms with Gasteiger partial charge in [-0.3, -0.25) is 19.3 Å². The van der Waals surface area contributed by atoms with Crippen LogP contribution in [-0.4, -0.2) is 34.1 Å². The van der Waals surface area contributed by atoms with Crippen molar-refractivity contribution in [3.05, 3.63) is 0 Å². The molecule has 0 aromatic rings. The smallest absolute Gasteiger partial charge is 0.288 e. The summed E-state index contributed by atoms with van der Waals surface area (Å²) in [5.74, 6) is 0.0869. The van der Waals surface area contributed by atoms with E-state index in [0.29, 0.717) is 12.2 Å². The van der Waals surface area contributed by atoms with Crippen molar-refractivity contribution in [3.8, 4) is 0 Å². The molecule has 1 fully saturated rings. The van der Waals surface area contributed by atoms with Gasteiger partial charge in [-0.15, -0.1) is 0 Å². The molecule has 1 aliphatic rings. The second-order valence-electron chi connectivity index (χ2n) is 3.47. The van der Waals surface area contributed by atoms with Crippen molar-refractivity contribution in [3.63, 3.8) is 0 Å². The Balaban J connectivity index is 2.61.